The zero-order chi connectivity index (χ0) is 20.3. The van der Waals surface area contributed by atoms with Crippen molar-refractivity contribution in [3.8, 4) is 22.9 Å². The number of imidazole rings is 1. The fraction of sp³-hybridized carbons (Fsp3) is 0.0870. The molecule has 3 aromatic carbocycles. The van der Waals surface area contributed by atoms with Crippen LogP contribution in [0.2, 0.25) is 0 Å². The summed E-state index contributed by atoms with van der Waals surface area (Å²) < 4.78 is 13.3. The fourth-order valence-corrected chi connectivity index (χ4v) is 4.08. The number of methoxy groups -OCH3 is 1. The van der Waals surface area contributed by atoms with Gasteiger partial charge >= 0.3 is 0 Å². The quantitative estimate of drug-likeness (QED) is 0.348. The van der Waals surface area contributed by atoms with Crippen LogP contribution in [0.3, 0.4) is 0 Å². The predicted molar refractivity (Wildman–Crippen MR) is 117 cm³/mol. The van der Waals surface area contributed by atoms with Gasteiger partial charge in [-0.1, -0.05) is 42.1 Å². The number of para-hydroxylation sites is 2. The SMILES string of the molecule is COc1ccc(-n2c(SCc3nnc(-c4ccccc4)o3)nc3ccccc32)cc1. The smallest absolute Gasteiger partial charge is 0.247 e. The first kappa shape index (κ1) is 18.4. The Balaban J connectivity index is 1.45. The van der Waals surface area contributed by atoms with E-state index in [2.05, 4.69) is 20.8 Å². The molecule has 7 heteroatoms. The molecule has 0 saturated heterocycles. The molecule has 148 valence electrons. The van der Waals surface area contributed by atoms with Crippen molar-refractivity contribution in [1.29, 1.82) is 0 Å². The van der Waals surface area contributed by atoms with Gasteiger partial charge in [-0.15, -0.1) is 10.2 Å². The molecule has 2 heterocycles. The van der Waals surface area contributed by atoms with E-state index in [4.69, 9.17) is 14.1 Å². The molecule has 0 radical (unpaired) electrons. The minimum absolute atomic E-state index is 0.523. The Bertz CT molecular complexity index is 1280. The van der Waals surface area contributed by atoms with Gasteiger partial charge in [-0.25, -0.2) is 4.98 Å². The number of ether oxygens (including phenoxy) is 1. The minimum atomic E-state index is 0.523. The highest BCUT2D eigenvalue weighted by atomic mass is 32.2. The maximum absolute atomic E-state index is 5.84. The van der Waals surface area contributed by atoms with Gasteiger partial charge in [0.05, 0.1) is 23.9 Å². The lowest BCUT2D eigenvalue weighted by molar-refractivity contribution is 0.414. The van der Waals surface area contributed by atoms with Crippen LogP contribution in [0, 0.1) is 0 Å². The van der Waals surface area contributed by atoms with Crippen LogP contribution >= 0.6 is 11.8 Å². The molecule has 0 spiro atoms. The third-order valence-corrected chi connectivity index (χ3v) is 5.60. The maximum Gasteiger partial charge on any atom is 0.247 e. The predicted octanol–water partition coefficient (Wildman–Crippen LogP) is 5.38. The second-order valence-corrected chi connectivity index (χ2v) is 7.51. The Morgan fingerprint density at radius 1 is 0.900 bits per heavy atom. The number of rotatable bonds is 6. The maximum atomic E-state index is 5.84. The van der Waals surface area contributed by atoms with E-state index in [1.165, 1.54) is 0 Å². The Kier molecular flexibility index (Phi) is 4.94. The summed E-state index contributed by atoms with van der Waals surface area (Å²) in [6.45, 7) is 0. The van der Waals surface area contributed by atoms with Gasteiger partial charge in [0.25, 0.3) is 0 Å². The third-order valence-electron chi connectivity index (χ3n) is 4.67. The molecule has 0 fully saturated rings. The van der Waals surface area contributed by atoms with Gasteiger partial charge in [0.2, 0.25) is 11.8 Å². The number of hydrogen-bond acceptors (Lipinski definition) is 6. The number of nitrogens with zero attached hydrogens (tertiary/aromatic N) is 4. The minimum Gasteiger partial charge on any atom is -0.497 e. The molecule has 5 aromatic rings. The van der Waals surface area contributed by atoms with E-state index in [0.717, 1.165) is 33.2 Å². The van der Waals surface area contributed by atoms with Crippen LogP contribution in [0.15, 0.2) is 88.4 Å². The second kappa shape index (κ2) is 8.04. The zero-order valence-corrected chi connectivity index (χ0v) is 17.0. The Morgan fingerprint density at radius 2 is 1.67 bits per heavy atom. The van der Waals surface area contributed by atoms with Gasteiger partial charge in [0.15, 0.2) is 5.16 Å². The second-order valence-electron chi connectivity index (χ2n) is 6.57. The molecule has 0 saturated carbocycles. The number of fused-ring (bicyclic) bond motifs is 1. The van der Waals surface area contributed by atoms with Crippen molar-refractivity contribution in [2.45, 2.75) is 10.9 Å². The van der Waals surface area contributed by atoms with E-state index in [0.29, 0.717) is 17.5 Å². The van der Waals surface area contributed by atoms with Crippen LogP contribution in [0.1, 0.15) is 5.89 Å². The summed E-state index contributed by atoms with van der Waals surface area (Å²) in [5.74, 6) is 2.43. The summed E-state index contributed by atoms with van der Waals surface area (Å²) in [6, 6.07) is 25.8. The molecule has 0 aliphatic rings. The van der Waals surface area contributed by atoms with Crippen LogP contribution in [0.4, 0.5) is 0 Å². The molecular weight excluding hydrogens is 396 g/mol. The van der Waals surface area contributed by atoms with Gasteiger partial charge in [-0.05, 0) is 48.5 Å². The summed E-state index contributed by atoms with van der Waals surface area (Å²) in [6.07, 6.45) is 0. The molecule has 30 heavy (non-hydrogen) atoms. The van der Waals surface area contributed by atoms with Crippen LogP contribution in [0.5, 0.6) is 5.75 Å². The van der Waals surface area contributed by atoms with Crippen molar-refractivity contribution in [3.63, 3.8) is 0 Å². The molecule has 0 N–H and O–H groups in total. The van der Waals surface area contributed by atoms with Gasteiger partial charge in [0, 0.05) is 11.3 Å². The number of aromatic nitrogens is 4. The summed E-state index contributed by atoms with van der Waals surface area (Å²) in [5.41, 5.74) is 3.90. The van der Waals surface area contributed by atoms with Crippen molar-refractivity contribution in [1.82, 2.24) is 19.7 Å². The molecule has 0 bridgehead atoms. The first-order chi connectivity index (χ1) is 14.8. The van der Waals surface area contributed by atoms with Crippen molar-refractivity contribution >= 4 is 22.8 Å². The van der Waals surface area contributed by atoms with Gasteiger partial charge in [-0.2, -0.15) is 0 Å². The van der Waals surface area contributed by atoms with Crippen LogP contribution in [-0.4, -0.2) is 26.9 Å². The van der Waals surface area contributed by atoms with Gasteiger partial charge in [0.1, 0.15) is 5.75 Å². The summed E-state index contributed by atoms with van der Waals surface area (Å²) in [5, 5.41) is 9.23. The van der Waals surface area contributed by atoms with Crippen LogP contribution in [0.25, 0.3) is 28.2 Å². The largest absolute Gasteiger partial charge is 0.497 e. The summed E-state index contributed by atoms with van der Waals surface area (Å²) in [4.78, 5) is 4.82. The van der Waals surface area contributed by atoms with E-state index in [1.807, 2.05) is 72.8 Å². The van der Waals surface area contributed by atoms with E-state index < -0.39 is 0 Å². The summed E-state index contributed by atoms with van der Waals surface area (Å²) >= 11 is 1.56. The van der Waals surface area contributed by atoms with Crippen molar-refractivity contribution in [3.05, 3.63) is 84.8 Å². The first-order valence-electron chi connectivity index (χ1n) is 9.44. The first-order valence-corrected chi connectivity index (χ1v) is 10.4. The molecular formula is C23H18N4O2S. The summed E-state index contributed by atoms with van der Waals surface area (Å²) in [7, 11) is 1.66. The molecule has 0 aliphatic carbocycles. The van der Waals surface area contributed by atoms with E-state index >= 15 is 0 Å². The third kappa shape index (κ3) is 3.55. The van der Waals surface area contributed by atoms with Crippen molar-refractivity contribution < 1.29 is 9.15 Å². The molecule has 5 rings (SSSR count). The number of benzene rings is 3. The monoisotopic (exact) mass is 414 g/mol. The highest BCUT2D eigenvalue weighted by Crippen LogP contribution is 2.31. The normalized spacial score (nSPS) is 11.1. The molecule has 0 amide bonds. The number of hydrogen-bond donors (Lipinski definition) is 0. The van der Waals surface area contributed by atoms with E-state index in [1.54, 1.807) is 18.9 Å². The topological polar surface area (TPSA) is 66.0 Å². The lowest BCUT2D eigenvalue weighted by Gasteiger charge is -2.09. The lowest BCUT2D eigenvalue weighted by Crippen LogP contribution is -1.97. The molecule has 0 atom stereocenters. The highest BCUT2D eigenvalue weighted by molar-refractivity contribution is 7.98. The Morgan fingerprint density at radius 3 is 2.47 bits per heavy atom. The molecule has 0 aliphatic heterocycles. The molecule has 6 nitrogen and oxygen atoms in total. The number of thioether (sulfide) groups is 1. The standard InChI is InChI=1S/C23H18N4O2S/c1-28-18-13-11-17(12-14-18)27-20-10-6-5-9-19(20)24-23(27)30-15-21-25-26-22(29-21)16-7-3-2-4-8-16/h2-14H,15H2,1H3. The van der Waals surface area contributed by atoms with E-state index in [9.17, 15) is 0 Å². The average molecular weight is 414 g/mol. The van der Waals surface area contributed by atoms with Gasteiger partial charge < -0.3 is 9.15 Å². The van der Waals surface area contributed by atoms with E-state index in [-0.39, 0.29) is 0 Å². The van der Waals surface area contributed by atoms with Gasteiger partial charge in [-0.3, -0.25) is 4.57 Å². The lowest BCUT2D eigenvalue weighted by atomic mass is 10.2. The van der Waals surface area contributed by atoms with Crippen LogP contribution in [-0.2, 0) is 5.75 Å². The van der Waals surface area contributed by atoms with Crippen molar-refractivity contribution in [2.75, 3.05) is 7.11 Å². The van der Waals surface area contributed by atoms with Crippen LogP contribution < -0.4 is 4.74 Å². The highest BCUT2D eigenvalue weighted by Gasteiger charge is 2.15. The van der Waals surface area contributed by atoms with Crippen molar-refractivity contribution in [2.24, 2.45) is 0 Å². The molecule has 2 aromatic heterocycles. The molecule has 0 unspecified atom stereocenters. The Hall–Kier alpha value is -3.58. The fourth-order valence-electron chi connectivity index (χ4n) is 3.22. The Labute approximate surface area is 177 Å². The zero-order valence-electron chi connectivity index (χ0n) is 16.2. The average Bonchev–Trinajstić information content (AvgIpc) is 3.43.